The number of likely N-dealkylation sites (tertiary alicyclic amines) is 1. The minimum absolute atomic E-state index is 0.00964. The van der Waals surface area contributed by atoms with Gasteiger partial charge in [0.05, 0.1) is 36.2 Å². The van der Waals surface area contributed by atoms with Gasteiger partial charge in [0.2, 0.25) is 0 Å². The van der Waals surface area contributed by atoms with Gasteiger partial charge in [-0.2, -0.15) is 0 Å². The number of benzene rings is 5. The van der Waals surface area contributed by atoms with Crippen LogP contribution in [0.1, 0.15) is 111 Å². The van der Waals surface area contributed by atoms with Crippen molar-refractivity contribution in [3.8, 4) is 0 Å². The molecule has 0 radical (unpaired) electrons. The van der Waals surface area contributed by atoms with Crippen molar-refractivity contribution in [2.45, 2.75) is 76.2 Å². The van der Waals surface area contributed by atoms with Crippen LogP contribution in [0.4, 0.5) is 45.6 Å². The molecule has 1 aliphatic heterocycles. The maximum Gasteiger partial charge on any atom is 0.341 e. The molecule has 5 aromatic carbocycles. The molecule has 70 heavy (non-hydrogen) atoms. The summed E-state index contributed by atoms with van der Waals surface area (Å²) in [6, 6.07) is 38.2. The number of anilines is 8. The molecule has 1 amide bonds. The topological polar surface area (TPSA) is 151 Å². The van der Waals surface area contributed by atoms with Crippen LogP contribution in [-0.2, 0) is 9.47 Å². The van der Waals surface area contributed by atoms with Gasteiger partial charge in [0, 0.05) is 66.4 Å². The summed E-state index contributed by atoms with van der Waals surface area (Å²) < 4.78 is 10.0. The molecule has 9 rings (SSSR count). The van der Waals surface area contributed by atoms with Gasteiger partial charge in [-0.3, -0.25) is 4.79 Å². The highest BCUT2D eigenvalue weighted by atomic mass is 35.5. The second-order valence-electron chi connectivity index (χ2n) is 19.2. The average molecular weight is 961 g/mol. The summed E-state index contributed by atoms with van der Waals surface area (Å²) in [7, 11) is 4.79. The maximum atomic E-state index is 13.0. The summed E-state index contributed by atoms with van der Waals surface area (Å²) in [4.78, 5) is 46.4. The number of esters is 2. The zero-order valence-electron chi connectivity index (χ0n) is 40.3. The molecule has 6 aromatic rings. The number of pyridine rings is 1. The third kappa shape index (κ3) is 10.8. The number of ether oxygens (including phenoxy) is 2. The molecule has 4 unspecified atom stereocenters. The Morgan fingerprint density at radius 2 is 1.30 bits per heavy atom. The van der Waals surface area contributed by atoms with E-state index in [4.69, 9.17) is 26.8 Å². The molecular weight excluding hydrogens is 898 g/mol. The smallest absolute Gasteiger partial charge is 0.341 e. The fraction of sp³-hybridized carbons (Fsp3) is 0.333. The average Bonchev–Trinajstić information content (AvgIpc) is 3.38. The zero-order chi connectivity index (χ0) is 48.9. The van der Waals surface area contributed by atoms with E-state index >= 15 is 0 Å². The second kappa shape index (κ2) is 21.4. The van der Waals surface area contributed by atoms with Crippen molar-refractivity contribution in [3.05, 3.63) is 160 Å². The van der Waals surface area contributed by atoms with E-state index in [0.717, 1.165) is 39.7 Å². The first kappa shape index (κ1) is 48.1. The number of aryl methyl sites for hydroxylation is 1. The summed E-state index contributed by atoms with van der Waals surface area (Å²) in [5.41, 5.74) is 16.8. The molecule has 13 heteroatoms. The third-order valence-corrected chi connectivity index (χ3v) is 15.0. The van der Waals surface area contributed by atoms with Crippen LogP contribution < -0.4 is 26.6 Å². The first-order valence-corrected chi connectivity index (χ1v) is 24.8. The number of carbonyl (C=O) groups excluding carboxylic acids is 3. The lowest BCUT2D eigenvalue weighted by Crippen LogP contribution is -2.57. The number of nitrogens with two attached hydrogens (primary N) is 1. The maximum absolute atomic E-state index is 13.0. The fourth-order valence-corrected chi connectivity index (χ4v) is 11.0. The molecule has 3 aliphatic rings. The molecule has 2 heterocycles. The van der Waals surface area contributed by atoms with E-state index in [1.807, 2.05) is 37.3 Å². The van der Waals surface area contributed by atoms with E-state index in [1.165, 1.54) is 76.7 Å². The van der Waals surface area contributed by atoms with Gasteiger partial charge in [-0.05, 0) is 164 Å². The molecule has 4 atom stereocenters. The Morgan fingerprint density at radius 3 is 1.97 bits per heavy atom. The van der Waals surface area contributed by atoms with Gasteiger partial charge in [-0.15, -0.1) is 0 Å². The largest absolute Gasteiger partial charge is 0.465 e. The SMILES string of the molecule is COC(=O)c1cc(C(=O)N2CC(N)C2)ccc1Nc1ccc(N(C)c2ccc(C3CCCC(C4CCCC(c5ccc(Nc6cccc(Nc7ncccc7C(=O)OC)c6)c(Cl)c5)C4)C3)cc2)cc1C. The predicted molar refractivity (Wildman–Crippen MR) is 280 cm³/mol. The Morgan fingerprint density at radius 1 is 0.671 bits per heavy atom. The normalized spacial score (nSPS) is 19.1. The van der Waals surface area contributed by atoms with E-state index in [1.54, 1.807) is 41.4 Å². The minimum Gasteiger partial charge on any atom is -0.465 e. The van der Waals surface area contributed by atoms with Crippen molar-refractivity contribution in [3.63, 3.8) is 0 Å². The molecule has 2 saturated carbocycles. The van der Waals surface area contributed by atoms with Gasteiger partial charge in [0.1, 0.15) is 11.4 Å². The van der Waals surface area contributed by atoms with E-state index in [9.17, 15) is 14.4 Å². The zero-order valence-corrected chi connectivity index (χ0v) is 41.1. The molecule has 362 valence electrons. The Labute approximate surface area is 415 Å². The van der Waals surface area contributed by atoms with Crippen LogP contribution in [0, 0.1) is 18.8 Å². The second-order valence-corrected chi connectivity index (χ2v) is 19.6. The van der Waals surface area contributed by atoms with Gasteiger partial charge in [0.25, 0.3) is 5.91 Å². The van der Waals surface area contributed by atoms with Gasteiger partial charge >= 0.3 is 11.9 Å². The molecule has 1 aromatic heterocycles. The number of hydrogen-bond acceptors (Lipinski definition) is 11. The first-order valence-electron chi connectivity index (χ1n) is 24.4. The number of nitrogens with one attached hydrogen (secondary N) is 3. The number of aromatic nitrogens is 1. The van der Waals surface area contributed by atoms with Crippen LogP contribution >= 0.6 is 11.6 Å². The van der Waals surface area contributed by atoms with E-state index < -0.39 is 11.9 Å². The Kier molecular flexibility index (Phi) is 14.7. The first-order chi connectivity index (χ1) is 33.9. The van der Waals surface area contributed by atoms with Gasteiger partial charge in [-0.1, -0.05) is 61.5 Å². The van der Waals surface area contributed by atoms with Crippen LogP contribution in [0.25, 0.3) is 0 Å². The molecule has 12 nitrogen and oxygen atoms in total. The number of nitrogens with zero attached hydrogens (tertiary/aromatic N) is 3. The number of halogens is 1. The fourth-order valence-electron chi connectivity index (χ4n) is 10.7. The van der Waals surface area contributed by atoms with E-state index in [2.05, 4.69) is 87.5 Å². The highest BCUT2D eigenvalue weighted by Gasteiger charge is 2.34. The number of amides is 1. The van der Waals surface area contributed by atoms with E-state index in [0.29, 0.717) is 70.0 Å². The summed E-state index contributed by atoms with van der Waals surface area (Å²) in [5.74, 6) is 1.75. The van der Waals surface area contributed by atoms with Gasteiger partial charge in [0.15, 0.2) is 0 Å². The number of carbonyl (C=O) groups is 3. The lowest BCUT2D eigenvalue weighted by molar-refractivity contribution is 0.0590. The van der Waals surface area contributed by atoms with Crippen LogP contribution in [-0.4, -0.2) is 68.1 Å². The number of hydrogen-bond donors (Lipinski definition) is 4. The Hall–Kier alpha value is -6.89. The van der Waals surface area contributed by atoms with Crippen molar-refractivity contribution in [1.82, 2.24) is 9.88 Å². The Balaban J connectivity index is 0.799. The molecular formula is C57H62ClN7O5. The van der Waals surface area contributed by atoms with Crippen molar-refractivity contribution in [2.75, 3.05) is 55.2 Å². The van der Waals surface area contributed by atoms with Crippen molar-refractivity contribution >= 4 is 75.1 Å². The molecule has 0 spiro atoms. The minimum atomic E-state index is -0.518. The summed E-state index contributed by atoms with van der Waals surface area (Å²) in [6.07, 6.45) is 11.5. The van der Waals surface area contributed by atoms with Gasteiger partial charge in [-0.25, -0.2) is 14.6 Å². The molecule has 2 aliphatic carbocycles. The quantitative estimate of drug-likeness (QED) is 0.0772. The van der Waals surface area contributed by atoms with Crippen LogP contribution in [0.2, 0.25) is 5.02 Å². The van der Waals surface area contributed by atoms with Crippen molar-refractivity contribution < 1.29 is 23.9 Å². The van der Waals surface area contributed by atoms with Gasteiger partial charge < -0.3 is 41.0 Å². The number of methoxy groups -OCH3 is 2. The Bertz CT molecular complexity index is 2870. The predicted octanol–water partition coefficient (Wildman–Crippen LogP) is 12.6. The highest BCUT2D eigenvalue weighted by molar-refractivity contribution is 6.33. The van der Waals surface area contributed by atoms with Crippen LogP contribution in [0.5, 0.6) is 0 Å². The number of rotatable bonds is 14. The molecule has 0 bridgehead atoms. The summed E-state index contributed by atoms with van der Waals surface area (Å²) in [5, 5.41) is 10.9. The lowest BCUT2D eigenvalue weighted by atomic mass is 9.66. The molecule has 1 saturated heterocycles. The van der Waals surface area contributed by atoms with E-state index in [-0.39, 0.29) is 11.9 Å². The third-order valence-electron chi connectivity index (χ3n) is 14.7. The molecule has 3 fully saturated rings. The van der Waals surface area contributed by atoms with Crippen molar-refractivity contribution in [1.29, 1.82) is 0 Å². The molecule has 5 N–H and O–H groups in total. The summed E-state index contributed by atoms with van der Waals surface area (Å²) >= 11 is 6.99. The van der Waals surface area contributed by atoms with Crippen LogP contribution in [0.15, 0.2) is 121 Å². The van der Waals surface area contributed by atoms with Crippen LogP contribution in [0.3, 0.4) is 0 Å². The van der Waals surface area contributed by atoms with Crippen molar-refractivity contribution in [2.24, 2.45) is 17.6 Å². The highest BCUT2D eigenvalue weighted by Crippen LogP contribution is 2.48. The monoisotopic (exact) mass is 959 g/mol. The standard InChI is InChI=1S/C57H62ClN7O5/c1-35-27-47(22-25-51(35)63-52-23-19-42(30-49(52)57(68)70-4)55(66)65-33-43(59)34-65)64(2)46-20-16-36(17-21-46)37-9-5-10-38(28-37)39-11-6-12-40(29-39)41-18-24-53(50(58)31-41)61-44-13-7-14-45(32-44)62-54-48(56(67)69-3)15-8-26-60-54/h7-8,13-27,30-32,37-40,43,61,63H,5-6,9-12,28-29,33-34,59H2,1-4H3,(H,60,62). The lowest BCUT2D eigenvalue weighted by Gasteiger charge is -2.39. The summed E-state index contributed by atoms with van der Waals surface area (Å²) in [6.45, 7) is 3.05.